The minimum atomic E-state index is -3.17. The SMILES string of the molecule is CCN(C(=O)NC(C)CS(C)(=O)=O)C(C)CC(=O)O. The van der Waals surface area contributed by atoms with Crippen molar-refractivity contribution in [2.24, 2.45) is 0 Å². The van der Waals surface area contributed by atoms with E-state index in [0.29, 0.717) is 6.54 Å². The van der Waals surface area contributed by atoms with Gasteiger partial charge < -0.3 is 15.3 Å². The third-order valence-electron chi connectivity index (χ3n) is 2.53. The smallest absolute Gasteiger partial charge is 0.317 e. The number of hydrogen-bond donors (Lipinski definition) is 2. The molecule has 0 aliphatic carbocycles. The molecule has 0 aromatic carbocycles. The summed E-state index contributed by atoms with van der Waals surface area (Å²) in [5, 5.41) is 11.3. The number of rotatable bonds is 7. The van der Waals surface area contributed by atoms with Crippen LogP contribution in [-0.2, 0) is 14.6 Å². The Balaban J connectivity index is 4.55. The highest BCUT2D eigenvalue weighted by Gasteiger charge is 2.22. The summed E-state index contributed by atoms with van der Waals surface area (Å²) in [4.78, 5) is 23.9. The monoisotopic (exact) mass is 294 g/mol. The van der Waals surface area contributed by atoms with Gasteiger partial charge in [0.2, 0.25) is 0 Å². The molecule has 8 heteroatoms. The first-order valence-electron chi connectivity index (χ1n) is 6.03. The molecule has 0 fully saturated rings. The maximum atomic E-state index is 11.9. The molecule has 7 nitrogen and oxygen atoms in total. The van der Waals surface area contributed by atoms with Crippen LogP contribution in [0.2, 0.25) is 0 Å². The lowest BCUT2D eigenvalue weighted by Gasteiger charge is -2.28. The molecule has 0 aromatic heterocycles. The standard InChI is InChI=1S/C11H22N2O5S/c1-5-13(9(3)6-10(14)15)11(16)12-8(2)7-19(4,17)18/h8-9H,5-7H2,1-4H3,(H,12,16)(H,14,15). The summed E-state index contributed by atoms with van der Waals surface area (Å²) in [6.07, 6.45) is 0.946. The first kappa shape index (κ1) is 17.7. The number of nitrogens with zero attached hydrogens (tertiary/aromatic N) is 1. The lowest BCUT2D eigenvalue weighted by Crippen LogP contribution is -2.49. The zero-order valence-corrected chi connectivity index (χ0v) is 12.5. The van der Waals surface area contributed by atoms with Gasteiger partial charge in [-0.2, -0.15) is 0 Å². The van der Waals surface area contributed by atoms with E-state index in [1.54, 1.807) is 20.8 Å². The third-order valence-corrected chi connectivity index (χ3v) is 3.63. The van der Waals surface area contributed by atoms with Crippen molar-refractivity contribution in [2.45, 2.75) is 39.3 Å². The summed E-state index contributed by atoms with van der Waals surface area (Å²) in [7, 11) is -3.17. The fraction of sp³-hybridized carbons (Fsp3) is 0.818. The highest BCUT2D eigenvalue weighted by atomic mass is 32.2. The molecule has 2 atom stereocenters. The molecule has 0 bridgehead atoms. The number of sulfone groups is 1. The molecule has 0 aliphatic rings. The predicted octanol–water partition coefficient (Wildman–Crippen LogP) is 0.314. The number of carbonyl (C=O) groups excluding carboxylic acids is 1. The van der Waals surface area contributed by atoms with Crippen LogP contribution in [0.1, 0.15) is 27.2 Å². The largest absolute Gasteiger partial charge is 0.481 e. The molecule has 112 valence electrons. The quantitative estimate of drug-likeness (QED) is 0.703. The maximum Gasteiger partial charge on any atom is 0.317 e. The minimum absolute atomic E-state index is 0.149. The van der Waals surface area contributed by atoms with Gasteiger partial charge in [0.1, 0.15) is 9.84 Å². The van der Waals surface area contributed by atoms with E-state index in [0.717, 1.165) is 6.26 Å². The number of urea groups is 1. The van der Waals surface area contributed by atoms with Crippen LogP contribution >= 0.6 is 0 Å². The molecule has 2 unspecified atom stereocenters. The van der Waals surface area contributed by atoms with Gasteiger partial charge in [0.15, 0.2) is 0 Å². The fourth-order valence-electron chi connectivity index (χ4n) is 1.81. The molecule has 0 radical (unpaired) electrons. The van der Waals surface area contributed by atoms with Gasteiger partial charge in [-0.25, -0.2) is 13.2 Å². The van der Waals surface area contributed by atoms with Gasteiger partial charge in [0, 0.05) is 24.9 Å². The van der Waals surface area contributed by atoms with Crippen LogP contribution < -0.4 is 5.32 Å². The molecule has 2 N–H and O–H groups in total. The maximum absolute atomic E-state index is 11.9. The number of hydrogen-bond acceptors (Lipinski definition) is 4. The first-order valence-corrected chi connectivity index (χ1v) is 8.09. The van der Waals surface area contributed by atoms with Gasteiger partial charge in [-0.15, -0.1) is 0 Å². The van der Waals surface area contributed by atoms with E-state index < -0.39 is 33.9 Å². The van der Waals surface area contributed by atoms with Gasteiger partial charge in [0.25, 0.3) is 0 Å². The lowest BCUT2D eigenvalue weighted by atomic mass is 10.2. The van der Waals surface area contributed by atoms with Crippen molar-refractivity contribution in [1.82, 2.24) is 10.2 Å². The van der Waals surface area contributed by atoms with Crippen molar-refractivity contribution in [1.29, 1.82) is 0 Å². The van der Waals surface area contributed by atoms with E-state index in [-0.39, 0.29) is 12.2 Å². The topological polar surface area (TPSA) is 104 Å². The Morgan fingerprint density at radius 2 is 1.84 bits per heavy atom. The van der Waals surface area contributed by atoms with Crippen molar-refractivity contribution < 1.29 is 23.1 Å². The Hall–Kier alpha value is -1.31. The summed E-state index contributed by atoms with van der Waals surface area (Å²) in [5.74, 6) is -1.13. The van der Waals surface area contributed by atoms with Crippen LogP contribution in [0.4, 0.5) is 4.79 Å². The molecule has 0 spiro atoms. The van der Waals surface area contributed by atoms with Crippen molar-refractivity contribution in [3.63, 3.8) is 0 Å². The van der Waals surface area contributed by atoms with Gasteiger partial charge in [-0.05, 0) is 20.8 Å². The Labute approximate surface area is 113 Å². The van der Waals surface area contributed by atoms with Crippen LogP contribution in [0.5, 0.6) is 0 Å². The Morgan fingerprint density at radius 3 is 2.21 bits per heavy atom. The number of amides is 2. The van der Waals surface area contributed by atoms with E-state index in [9.17, 15) is 18.0 Å². The summed E-state index contributed by atoms with van der Waals surface area (Å²) in [6.45, 7) is 5.32. The van der Waals surface area contributed by atoms with E-state index in [1.165, 1.54) is 4.90 Å². The minimum Gasteiger partial charge on any atom is -0.481 e. The summed E-state index contributed by atoms with van der Waals surface area (Å²) >= 11 is 0. The Kier molecular flexibility index (Phi) is 6.82. The van der Waals surface area contributed by atoms with Gasteiger partial charge in [-0.3, -0.25) is 4.79 Å². The lowest BCUT2D eigenvalue weighted by molar-refractivity contribution is -0.138. The molecule has 0 aromatic rings. The van der Waals surface area contributed by atoms with E-state index in [2.05, 4.69) is 5.32 Å². The molecule has 0 saturated carbocycles. The molecule has 0 saturated heterocycles. The molecule has 0 rings (SSSR count). The van der Waals surface area contributed by atoms with Crippen molar-refractivity contribution in [3.8, 4) is 0 Å². The highest BCUT2D eigenvalue weighted by molar-refractivity contribution is 7.90. The zero-order chi connectivity index (χ0) is 15.2. The summed E-state index contributed by atoms with van der Waals surface area (Å²) in [5.41, 5.74) is 0. The van der Waals surface area contributed by atoms with E-state index in [1.807, 2.05) is 0 Å². The number of nitrogens with one attached hydrogen (secondary N) is 1. The first-order chi connectivity index (χ1) is 8.56. The van der Waals surface area contributed by atoms with Crippen LogP contribution in [0.15, 0.2) is 0 Å². The van der Waals surface area contributed by atoms with E-state index in [4.69, 9.17) is 5.11 Å². The van der Waals surface area contributed by atoms with Crippen LogP contribution in [0.3, 0.4) is 0 Å². The number of carbonyl (C=O) groups is 2. The average Bonchev–Trinajstić information content (AvgIpc) is 2.13. The van der Waals surface area contributed by atoms with Crippen molar-refractivity contribution in [2.75, 3.05) is 18.6 Å². The van der Waals surface area contributed by atoms with Crippen molar-refractivity contribution in [3.05, 3.63) is 0 Å². The van der Waals surface area contributed by atoms with Gasteiger partial charge >= 0.3 is 12.0 Å². The second-order valence-electron chi connectivity index (χ2n) is 4.68. The van der Waals surface area contributed by atoms with E-state index >= 15 is 0 Å². The summed E-state index contributed by atoms with van der Waals surface area (Å²) < 4.78 is 22.2. The molecule has 2 amide bonds. The number of carboxylic acid groups (broad SMARTS) is 1. The normalized spacial score (nSPS) is 14.5. The van der Waals surface area contributed by atoms with Crippen LogP contribution in [0.25, 0.3) is 0 Å². The number of aliphatic carboxylic acids is 1. The second-order valence-corrected chi connectivity index (χ2v) is 6.86. The molecular weight excluding hydrogens is 272 g/mol. The third kappa shape index (κ3) is 7.66. The van der Waals surface area contributed by atoms with Gasteiger partial charge in [0.05, 0.1) is 12.2 Å². The molecule has 0 heterocycles. The molecular formula is C11H22N2O5S. The Bertz CT molecular complexity index is 421. The predicted molar refractivity (Wildman–Crippen MR) is 71.8 cm³/mol. The van der Waals surface area contributed by atoms with Gasteiger partial charge in [-0.1, -0.05) is 0 Å². The summed E-state index contributed by atoms with van der Waals surface area (Å²) in [6, 6.07) is -1.42. The van der Waals surface area contributed by atoms with Crippen molar-refractivity contribution >= 4 is 21.8 Å². The van der Waals surface area contributed by atoms with Crippen LogP contribution in [-0.4, -0.2) is 61.1 Å². The molecule has 19 heavy (non-hydrogen) atoms. The Morgan fingerprint density at radius 1 is 1.32 bits per heavy atom. The highest BCUT2D eigenvalue weighted by Crippen LogP contribution is 2.05. The molecule has 0 aliphatic heterocycles. The van der Waals surface area contributed by atoms with Crippen LogP contribution in [0, 0.1) is 0 Å². The average molecular weight is 294 g/mol. The zero-order valence-electron chi connectivity index (χ0n) is 11.7. The fourth-order valence-corrected chi connectivity index (χ4v) is 2.80. The second kappa shape index (κ2) is 7.32. The number of carboxylic acids is 1.